The van der Waals surface area contributed by atoms with Crippen molar-refractivity contribution in [3.8, 4) is 0 Å². The van der Waals surface area contributed by atoms with Gasteiger partial charge in [-0.25, -0.2) is 0 Å². The van der Waals surface area contributed by atoms with E-state index in [-0.39, 0.29) is 0 Å². The van der Waals surface area contributed by atoms with Crippen molar-refractivity contribution < 1.29 is 9.15 Å². The molecule has 0 aromatic carbocycles. The van der Waals surface area contributed by atoms with Crippen LogP contribution in [0.4, 0.5) is 0 Å². The van der Waals surface area contributed by atoms with Gasteiger partial charge < -0.3 is 9.15 Å². The second-order valence-corrected chi connectivity index (χ2v) is 9.03. The van der Waals surface area contributed by atoms with E-state index in [9.17, 15) is 0 Å². The fraction of sp³-hybridized carbons (Fsp3) is 0.400. The third-order valence-electron chi connectivity index (χ3n) is 1.76. The van der Waals surface area contributed by atoms with Gasteiger partial charge in [0.05, 0.1) is 25.0 Å². The molecule has 0 saturated carbocycles. The highest BCUT2D eigenvalue weighted by Gasteiger charge is 2.20. The summed E-state index contributed by atoms with van der Waals surface area (Å²) in [5.41, 5.74) is 1.07. The summed E-state index contributed by atoms with van der Waals surface area (Å²) in [7, 11) is 0.342. The van der Waals surface area contributed by atoms with Gasteiger partial charge in [0.1, 0.15) is 8.07 Å². The average Bonchev–Trinajstić information content (AvgIpc) is 2.47. The van der Waals surface area contributed by atoms with Crippen molar-refractivity contribution in [2.75, 3.05) is 7.11 Å². The average molecular weight is 196 g/mol. The Balaban J connectivity index is 2.81. The van der Waals surface area contributed by atoms with Crippen LogP contribution in [0.15, 0.2) is 23.0 Å². The molecule has 0 aliphatic heterocycles. The van der Waals surface area contributed by atoms with Crippen molar-refractivity contribution >= 4 is 19.5 Å². The summed E-state index contributed by atoms with van der Waals surface area (Å²) in [6.07, 6.45) is 5.31. The SMILES string of the molecule is CO/C=C\c1coc([Si](C)(C)C)c1. The lowest BCUT2D eigenvalue weighted by Gasteiger charge is -2.10. The summed E-state index contributed by atoms with van der Waals surface area (Å²) in [5.74, 6) is 0. The van der Waals surface area contributed by atoms with Crippen LogP contribution in [0.25, 0.3) is 6.08 Å². The first-order chi connectivity index (χ1) is 6.04. The summed E-state index contributed by atoms with van der Waals surface area (Å²) in [6, 6.07) is 2.09. The van der Waals surface area contributed by atoms with Crippen LogP contribution in [0.1, 0.15) is 5.56 Å². The predicted molar refractivity (Wildman–Crippen MR) is 57.7 cm³/mol. The minimum atomic E-state index is -1.29. The quantitative estimate of drug-likeness (QED) is 0.547. The van der Waals surface area contributed by atoms with Gasteiger partial charge >= 0.3 is 0 Å². The van der Waals surface area contributed by atoms with Gasteiger partial charge in [-0.1, -0.05) is 19.6 Å². The molecule has 0 spiro atoms. The zero-order chi connectivity index (χ0) is 9.90. The zero-order valence-corrected chi connectivity index (χ0v) is 9.63. The van der Waals surface area contributed by atoms with Crippen molar-refractivity contribution in [3.63, 3.8) is 0 Å². The molecule has 0 atom stereocenters. The molecule has 0 unspecified atom stereocenters. The van der Waals surface area contributed by atoms with Crippen LogP contribution < -0.4 is 5.38 Å². The second kappa shape index (κ2) is 3.83. The molecular formula is C10H16O2Si. The monoisotopic (exact) mass is 196 g/mol. The Morgan fingerprint density at radius 2 is 2.08 bits per heavy atom. The van der Waals surface area contributed by atoms with Gasteiger partial charge in [-0.15, -0.1) is 0 Å². The van der Waals surface area contributed by atoms with Gasteiger partial charge in [-0.3, -0.25) is 0 Å². The molecule has 0 radical (unpaired) electrons. The molecule has 2 nitrogen and oxygen atoms in total. The lowest BCUT2D eigenvalue weighted by Crippen LogP contribution is -2.36. The molecule has 0 aliphatic carbocycles. The molecule has 0 N–H and O–H groups in total. The number of ether oxygens (including phenoxy) is 1. The number of hydrogen-bond donors (Lipinski definition) is 0. The maximum absolute atomic E-state index is 5.48. The van der Waals surface area contributed by atoms with E-state index in [1.165, 1.54) is 0 Å². The summed E-state index contributed by atoms with van der Waals surface area (Å²) >= 11 is 0. The third kappa shape index (κ3) is 2.77. The zero-order valence-electron chi connectivity index (χ0n) is 8.63. The number of methoxy groups -OCH3 is 1. The minimum absolute atomic E-state index is 1.07. The maximum Gasteiger partial charge on any atom is 0.123 e. The van der Waals surface area contributed by atoms with Crippen molar-refractivity contribution in [2.45, 2.75) is 19.6 Å². The number of rotatable bonds is 3. The molecule has 1 heterocycles. The molecule has 13 heavy (non-hydrogen) atoms. The van der Waals surface area contributed by atoms with Crippen LogP contribution in [0.2, 0.25) is 19.6 Å². The standard InChI is InChI=1S/C10H16O2Si/c1-11-6-5-9-7-10(12-8-9)13(2,3)4/h5-8H,1-4H3/b6-5-. The lowest BCUT2D eigenvalue weighted by molar-refractivity contribution is 0.341. The minimum Gasteiger partial charge on any atom is -0.504 e. The Hall–Kier alpha value is -0.963. The van der Waals surface area contributed by atoms with Crippen LogP contribution in [0.3, 0.4) is 0 Å². The van der Waals surface area contributed by atoms with Crippen molar-refractivity contribution in [1.82, 2.24) is 0 Å². The van der Waals surface area contributed by atoms with Crippen molar-refractivity contribution in [3.05, 3.63) is 24.2 Å². The molecule has 1 aromatic rings. The first kappa shape index (κ1) is 10.1. The van der Waals surface area contributed by atoms with Crippen LogP contribution in [0, 0.1) is 0 Å². The molecule has 0 saturated heterocycles. The first-order valence-electron chi connectivity index (χ1n) is 4.32. The highest BCUT2D eigenvalue weighted by molar-refractivity contribution is 6.87. The van der Waals surface area contributed by atoms with Gasteiger partial charge in [0.25, 0.3) is 0 Å². The van der Waals surface area contributed by atoms with Gasteiger partial charge in [-0.2, -0.15) is 0 Å². The van der Waals surface area contributed by atoms with Crippen molar-refractivity contribution in [1.29, 1.82) is 0 Å². The molecular weight excluding hydrogens is 180 g/mol. The Morgan fingerprint density at radius 3 is 2.54 bits per heavy atom. The van der Waals surface area contributed by atoms with Crippen LogP contribution >= 0.6 is 0 Å². The van der Waals surface area contributed by atoms with Gasteiger partial charge in [0.15, 0.2) is 0 Å². The summed E-state index contributed by atoms with van der Waals surface area (Å²) in [6.45, 7) is 6.78. The summed E-state index contributed by atoms with van der Waals surface area (Å²) < 4.78 is 10.3. The molecule has 0 amide bonds. The van der Waals surface area contributed by atoms with E-state index >= 15 is 0 Å². The Morgan fingerprint density at radius 1 is 1.38 bits per heavy atom. The molecule has 0 aliphatic rings. The van der Waals surface area contributed by atoms with Crippen LogP contribution in [-0.2, 0) is 4.74 Å². The summed E-state index contributed by atoms with van der Waals surface area (Å²) in [5, 5.41) is 1.13. The third-order valence-corrected chi connectivity index (χ3v) is 3.50. The van der Waals surface area contributed by atoms with E-state index in [0.717, 1.165) is 10.9 Å². The fourth-order valence-corrected chi connectivity index (χ4v) is 1.99. The second-order valence-electron chi connectivity index (χ2n) is 4.03. The van der Waals surface area contributed by atoms with E-state index in [2.05, 4.69) is 25.7 Å². The van der Waals surface area contributed by atoms with Crippen LogP contribution in [-0.4, -0.2) is 15.2 Å². The predicted octanol–water partition coefficient (Wildman–Crippen LogP) is 2.44. The normalized spacial score (nSPS) is 12.3. The lowest BCUT2D eigenvalue weighted by atomic mass is 10.3. The fourth-order valence-electron chi connectivity index (χ4n) is 0.978. The maximum atomic E-state index is 5.48. The molecule has 72 valence electrons. The highest BCUT2D eigenvalue weighted by atomic mass is 28.3. The molecule has 0 bridgehead atoms. The molecule has 3 heteroatoms. The summed E-state index contributed by atoms with van der Waals surface area (Å²) in [4.78, 5) is 0. The Bertz CT molecular complexity index is 294. The van der Waals surface area contributed by atoms with E-state index in [0.29, 0.717) is 0 Å². The van der Waals surface area contributed by atoms with Gasteiger partial charge in [-0.05, 0) is 12.1 Å². The first-order valence-corrected chi connectivity index (χ1v) is 7.82. The molecule has 1 aromatic heterocycles. The largest absolute Gasteiger partial charge is 0.504 e. The molecule has 0 fully saturated rings. The van der Waals surface area contributed by atoms with E-state index < -0.39 is 8.07 Å². The van der Waals surface area contributed by atoms with Crippen molar-refractivity contribution in [2.24, 2.45) is 0 Å². The highest BCUT2D eigenvalue weighted by Crippen LogP contribution is 2.07. The smallest absolute Gasteiger partial charge is 0.123 e. The molecule has 1 rings (SSSR count). The van der Waals surface area contributed by atoms with Gasteiger partial charge in [0.2, 0.25) is 0 Å². The van der Waals surface area contributed by atoms with Gasteiger partial charge in [0, 0.05) is 5.56 Å². The number of hydrogen-bond acceptors (Lipinski definition) is 2. The topological polar surface area (TPSA) is 22.4 Å². The van der Waals surface area contributed by atoms with Crippen LogP contribution in [0.5, 0.6) is 0 Å². The van der Waals surface area contributed by atoms with E-state index in [4.69, 9.17) is 9.15 Å². The van der Waals surface area contributed by atoms with E-state index in [1.807, 2.05) is 6.08 Å². The van der Waals surface area contributed by atoms with E-state index in [1.54, 1.807) is 19.6 Å². The Kier molecular flexibility index (Phi) is 2.98. The number of furan rings is 1. The Labute approximate surface area is 80.2 Å².